The molecule has 0 radical (unpaired) electrons. The maximum atomic E-state index is 6.20. The smallest absolute Gasteiger partial charge is 0.122 e. The molecule has 0 atom stereocenters. The number of hydrogen-bond acceptors (Lipinski definition) is 4. The summed E-state index contributed by atoms with van der Waals surface area (Å²) in [5, 5.41) is 0. The molecule has 0 saturated heterocycles. The first-order valence-corrected chi connectivity index (χ1v) is 16.1. The van der Waals surface area contributed by atoms with Crippen LogP contribution in [0.5, 0.6) is 11.5 Å². The van der Waals surface area contributed by atoms with Gasteiger partial charge in [0.25, 0.3) is 0 Å². The summed E-state index contributed by atoms with van der Waals surface area (Å²) in [6.45, 7) is 10.3. The first kappa shape index (κ1) is 29.7. The van der Waals surface area contributed by atoms with Gasteiger partial charge in [0.2, 0.25) is 0 Å². The second kappa shape index (κ2) is 13.0. The lowest BCUT2D eigenvalue weighted by atomic mass is 9.67. The molecular formula is C37H42O2S2. The second-order valence-electron chi connectivity index (χ2n) is 11.8. The summed E-state index contributed by atoms with van der Waals surface area (Å²) in [6, 6.07) is 31.6. The van der Waals surface area contributed by atoms with Crippen molar-refractivity contribution in [1.29, 1.82) is 0 Å². The van der Waals surface area contributed by atoms with Gasteiger partial charge < -0.3 is 9.47 Å². The van der Waals surface area contributed by atoms with Gasteiger partial charge in [0, 0.05) is 11.5 Å². The fourth-order valence-corrected chi connectivity index (χ4v) is 6.62. The largest absolute Gasteiger partial charge is 0.492 e. The maximum absolute atomic E-state index is 6.20. The lowest BCUT2D eigenvalue weighted by Crippen LogP contribution is -2.29. The third-order valence-electron chi connectivity index (χ3n) is 7.89. The summed E-state index contributed by atoms with van der Waals surface area (Å²) < 4.78 is 12.4. The molecule has 0 bridgehead atoms. The van der Waals surface area contributed by atoms with Crippen LogP contribution in [-0.4, -0.2) is 24.7 Å². The molecule has 0 heterocycles. The van der Waals surface area contributed by atoms with Crippen molar-refractivity contribution in [3.05, 3.63) is 118 Å². The Kier molecular flexibility index (Phi) is 9.41. The van der Waals surface area contributed by atoms with Crippen LogP contribution in [0.4, 0.5) is 0 Å². The molecule has 2 nitrogen and oxygen atoms in total. The number of hydrogen-bond donors (Lipinski definition) is 2. The van der Waals surface area contributed by atoms with Gasteiger partial charge in [-0.25, -0.2) is 0 Å². The topological polar surface area (TPSA) is 18.5 Å². The number of rotatable bonds is 12. The Labute approximate surface area is 257 Å². The molecule has 0 aromatic heterocycles. The Balaban J connectivity index is 1.82. The molecule has 5 rings (SSSR count). The van der Waals surface area contributed by atoms with Crippen LogP contribution in [-0.2, 0) is 18.3 Å². The first-order chi connectivity index (χ1) is 19.9. The normalized spacial score (nSPS) is 13.4. The summed E-state index contributed by atoms with van der Waals surface area (Å²) in [4.78, 5) is 0. The summed E-state index contributed by atoms with van der Waals surface area (Å²) in [5.41, 5.74) is 9.80. The van der Waals surface area contributed by atoms with Gasteiger partial charge in [-0.15, -0.1) is 0 Å². The van der Waals surface area contributed by atoms with Gasteiger partial charge >= 0.3 is 0 Å². The highest BCUT2D eigenvalue weighted by molar-refractivity contribution is 7.80. The summed E-state index contributed by atoms with van der Waals surface area (Å²) >= 11 is 8.79. The molecule has 0 fully saturated rings. The zero-order chi connectivity index (χ0) is 29.0. The minimum absolute atomic E-state index is 0.463. The van der Waals surface area contributed by atoms with Gasteiger partial charge in [0.05, 0.1) is 18.6 Å². The molecule has 0 saturated carbocycles. The predicted octanol–water partition coefficient (Wildman–Crippen LogP) is 9.06. The van der Waals surface area contributed by atoms with E-state index in [1.54, 1.807) is 0 Å². The fourth-order valence-electron chi connectivity index (χ4n) is 6.44. The summed E-state index contributed by atoms with van der Waals surface area (Å²) in [5.74, 6) is 4.30. The van der Waals surface area contributed by atoms with Gasteiger partial charge in [-0.2, -0.15) is 25.3 Å². The van der Waals surface area contributed by atoms with E-state index in [9.17, 15) is 0 Å². The summed E-state index contributed by atoms with van der Waals surface area (Å²) in [6.07, 6.45) is 1.90. The molecular weight excluding hydrogens is 541 g/mol. The monoisotopic (exact) mass is 582 g/mol. The molecule has 1 aliphatic carbocycles. The van der Waals surface area contributed by atoms with Crippen LogP contribution in [0.15, 0.2) is 84.9 Å². The number of thiol groups is 2. The Morgan fingerprint density at radius 1 is 0.585 bits per heavy atom. The standard InChI is InChI=1S/C37H42O2S2/c1-25(2)21-27-23-29(13-15-35(27)38-17-19-40)37(30-14-16-36(39-18-20-41)28(24-30)22-26(3)4)33-11-7-5-9-31(33)32-10-6-8-12-34(32)37/h5-16,23-26,40-41H,17-22H2,1-4H3. The predicted molar refractivity (Wildman–Crippen MR) is 180 cm³/mol. The first-order valence-electron chi connectivity index (χ1n) is 14.8. The van der Waals surface area contributed by atoms with Gasteiger partial charge in [0.1, 0.15) is 11.5 Å². The quantitative estimate of drug-likeness (QED) is 0.143. The van der Waals surface area contributed by atoms with E-state index in [1.807, 2.05) is 0 Å². The van der Waals surface area contributed by atoms with Gasteiger partial charge in [-0.3, -0.25) is 0 Å². The van der Waals surface area contributed by atoms with Crippen molar-refractivity contribution >= 4 is 25.3 Å². The van der Waals surface area contributed by atoms with Crippen LogP contribution in [0.25, 0.3) is 11.1 Å². The molecule has 0 N–H and O–H groups in total. The van der Waals surface area contributed by atoms with Crippen molar-refractivity contribution in [3.8, 4) is 22.6 Å². The third kappa shape index (κ3) is 5.79. The molecule has 0 unspecified atom stereocenters. The molecule has 0 spiro atoms. The Morgan fingerprint density at radius 2 is 1.00 bits per heavy atom. The Bertz CT molecular complexity index is 1380. The highest BCUT2D eigenvalue weighted by Gasteiger charge is 2.46. The van der Waals surface area contributed by atoms with Crippen molar-refractivity contribution in [1.82, 2.24) is 0 Å². The van der Waals surface area contributed by atoms with Gasteiger partial charge in [-0.05, 0) is 81.3 Å². The molecule has 214 valence electrons. The van der Waals surface area contributed by atoms with Crippen LogP contribution in [0.2, 0.25) is 0 Å². The van der Waals surface area contributed by atoms with E-state index < -0.39 is 5.41 Å². The molecule has 4 aromatic rings. The lowest BCUT2D eigenvalue weighted by Gasteiger charge is -2.35. The summed E-state index contributed by atoms with van der Waals surface area (Å²) in [7, 11) is 0. The Hall–Kier alpha value is -2.82. The lowest BCUT2D eigenvalue weighted by molar-refractivity contribution is 0.338. The van der Waals surface area contributed by atoms with Gasteiger partial charge in [0.15, 0.2) is 0 Å². The number of benzene rings is 4. The minimum atomic E-state index is -0.463. The van der Waals surface area contributed by atoms with Crippen molar-refractivity contribution < 1.29 is 9.47 Å². The molecule has 4 aromatic carbocycles. The van der Waals surface area contributed by atoms with Crippen LogP contribution < -0.4 is 9.47 Å². The van der Waals surface area contributed by atoms with E-state index in [1.165, 1.54) is 44.5 Å². The highest BCUT2D eigenvalue weighted by Crippen LogP contribution is 2.56. The maximum Gasteiger partial charge on any atom is 0.122 e. The zero-order valence-corrected chi connectivity index (χ0v) is 26.5. The second-order valence-corrected chi connectivity index (χ2v) is 12.7. The van der Waals surface area contributed by atoms with Crippen LogP contribution in [0, 0.1) is 11.8 Å². The van der Waals surface area contributed by atoms with Crippen molar-refractivity contribution in [3.63, 3.8) is 0 Å². The molecule has 4 heteroatoms. The molecule has 0 aliphatic heterocycles. The van der Waals surface area contributed by atoms with Crippen molar-refractivity contribution in [2.45, 2.75) is 46.0 Å². The molecule has 0 amide bonds. The number of fused-ring (bicyclic) bond motifs is 3. The van der Waals surface area contributed by atoms with Crippen LogP contribution in [0.1, 0.15) is 61.1 Å². The van der Waals surface area contributed by atoms with Gasteiger partial charge in [-0.1, -0.05) is 100 Å². The van der Waals surface area contributed by atoms with E-state index in [4.69, 9.17) is 9.47 Å². The van der Waals surface area contributed by atoms with E-state index in [0.29, 0.717) is 36.6 Å². The van der Waals surface area contributed by atoms with Crippen LogP contribution in [0.3, 0.4) is 0 Å². The molecule has 41 heavy (non-hydrogen) atoms. The minimum Gasteiger partial charge on any atom is -0.492 e. The SMILES string of the molecule is CC(C)Cc1cc(C2(c3ccc(OCCS)c(CC(C)C)c3)c3ccccc3-c3ccccc32)ccc1OCCS. The zero-order valence-electron chi connectivity index (χ0n) is 24.7. The molecule has 1 aliphatic rings. The van der Waals surface area contributed by atoms with E-state index in [0.717, 1.165) is 24.3 Å². The van der Waals surface area contributed by atoms with E-state index in [2.05, 4.69) is 138 Å². The van der Waals surface area contributed by atoms with Crippen LogP contribution >= 0.6 is 25.3 Å². The highest BCUT2D eigenvalue weighted by atomic mass is 32.1. The van der Waals surface area contributed by atoms with E-state index >= 15 is 0 Å². The average Bonchev–Trinajstić information content (AvgIpc) is 3.26. The fraction of sp³-hybridized carbons (Fsp3) is 0.351. The third-order valence-corrected chi connectivity index (χ3v) is 8.26. The van der Waals surface area contributed by atoms with Crippen molar-refractivity contribution in [2.75, 3.05) is 24.7 Å². The Morgan fingerprint density at radius 3 is 1.39 bits per heavy atom. The average molecular weight is 583 g/mol. The van der Waals surface area contributed by atoms with E-state index in [-0.39, 0.29) is 0 Å². The van der Waals surface area contributed by atoms with Crippen molar-refractivity contribution in [2.24, 2.45) is 11.8 Å². The number of ether oxygens (including phenoxy) is 2.